The summed E-state index contributed by atoms with van der Waals surface area (Å²) >= 11 is 0. The van der Waals surface area contributed by atoms with Crippen LogP contribution >= 0.6 is 0 Å². The second-order valence-corrected chi connectivity index (χ2v) is 5.90. The first-order valence-corrected chi connectivity index (χ1v) is 7.73. The smallest absolute Gasteiger partial charge is 0.226 e. The van der Waals surface area contributed by atoms with Crippen LogP contribution in [0, 0.1) is 6.92 Å². The minimum atomic E-state index is 0.252. The molecule has 0 unspecified atom stereocenters. The number of nitrogens with zero attached hydrogens (tertiary/aromatic N) is 2. The molecule has 5 nitrogen and oxygen atoms in total. The van der Waals surface area contributed by atoms with Crippen molar-refractivity contribution < 1.29 is 9.15 Å². The maximum absolute atomic E-state index is 5.72. The van der Waals surface area contributed by atoms with Gasteiger partial charge in [0.25, 0.3) is 0 Å². The highest BCUT2D eigenvalue weighted by Crippen LogP contribution is 2.19. The zero-order valence-corrected chi connectivity index (χ0v) is 13.2. The Morgan fingerprint density at radius 1 is 1.32 bits per heavy atom. The van der Waals surface area contributed by atoms with Crippen LogP contribution < -0.4 is 5.32 Å². The molecule has 0 amide bonds. The normalized spacial score (nSPS) is 19.5. The summed E-state index contributed by atoms with van der Waals surface area (Å²) in [5.74, 6) is 0.672. The molecular weight excluding hydrogens is 278 g/mol. The Hall–Kier alpha value is -1.69. The maximum Gasteiger partial charge on any atom is 0.226 e. The van der Waals surface area contributed by atoms with Crippen molar-refractivity contribution in [3.05, 3.63) is 41.8 Å². The first-order valence-electron chi connectivity index (χ1n) is 7.73. The fourth-order valence-corrected chi connectivity index (χ4v) is 2.57. The van der Waals surface area contributed by atoms with Gasteiger partial charge in [0.15, 0.2) is 0 Å². The summed E-state index contributed by atoms with van der Waals surface area (Å²) in [5.41, 5.74) is 3.16. The van der Waals surface area contributed by atoms with Crippen molar-refractivity contribution in [2.75, 3.05) is 33.3 Å². The van der Waals surface area contributed by atoms with Crippen molar-refractivity contribution in [2.45, 2.75) is 19.6 Å². The number of morpholine rings is 1. The molecule has 0 aliphatic carbocycles. The number of ether oxygens (including phenoxy) is 1. The van der Waals surface area contributed by atoms with Crippen LogP contribution in [0.15, 0.2) is 34.9 Å². The minimum absolute atomic E-state index is 0.252. The second-order valence-electron chi connectivity index (χ2n) is 5.90. The van der Waals surface area contributed by atoms with Crippen molar-refractivity contribution >= 4 is 0 Å². The third-order valence-electron chi connectivity index (χ3n) is 3.87. The molecule has 1 aromatic heterocycles. The standard InChI is InChI=1S/C17H23N3O2/c1-13-3-5-14(6-4-13)17-19-15(12-22-17)9-18-10-16-11-20(2)7-8-21-16/h3-6,12,16,18H,7-11H2,1-2H3/t16-/m0/s1. The second kappa shape index (κ2) is 7.05. The molecule has 1 atom stereocenters. The molecule has 0 bridgehead atoms. The van der Waals surface area contributed by atoms with Gasteiger partial charge in [-0.15, -0.1) is 0 Å². The van der Waals surface area contributed by atoms with E-state index in [2.05, 4.69) is 41.3 Å². The lowest BCUT2D eigenvalue weighted by Gasteiger charge is -2.30. The van der Waals surface area contributed by atoms with Crippen LogP contribution in [0.4, 0.5) is 0 Å². The summed E-state index contributed by atoms with van der Waals surface area (Å²) in [6.45, 7) is 6.39. The number of aromatic nitrogens is 1. The van der Waals surface area contributed by atoms with Gasteiger partial charge in [-0.2, -0.15) is 0 Å². The predicted octanol–water partition coefficient (Wildman–Crippen LogP) is 2.07. The van der Waals surface area contributed by atoms with Gasteiger partial charge in [0, 0.05) is 31.7 Å². The third-order valence-corrected chi connectivity index (χ3v) is 3.87. The summed E-state index contributed by atoms with van der Waals surface area (Å²) in [6, 6.07) is 8.19. The molecule has 1 fully saturated rings. The molecular formula is C17H23N3O2. The molecule has 22 heavy (non-hydrogen) atoms. The van der Waals surface area contributed by atoms with Gasteiger partial charge < -0.3 is 19.4 Å². The van der Waals surface area contributed by atoms with Gasteiger partial charge in [-0.1, -0.05) is 17.7 Å². The first-order chi connectivity index (χ1) is 10.7. The summed E-state index contributed by atoms with van der Waals surface area (Å²) < 4.78 is 11.3. The molecule has 1 saturated heterocycles. The Kier molecular flexibility index (Phi) is 4.87. The van der Waals surface area contributed by atoms with Gasteiger partial charge in [0.2, 0.25) is 5.89 Å². The number of likely N-dealkylation sites (N-methyl/N-ethyl adjacent to an activating group) is 1. The predicted molar refractivity (Wildman–Crippen MR) is 85.6 cm³/mol. The van der Waals surface area contributed by atoms with Crippen LogP contribution in [0.2, 0.25) is 0 Å². The molecule has 5 heteroatoms. The fraction of sp³-hybridized carbons (Fsp3) is 0.471. The van der Waals surface area contributed by atoms with Crippen molar-refractivity contribution in [3.8, 4) is 11.5 Å². The Balaban J connectivity index is 1.50. The Labute approximate surface area is 131 Å². The minimum Gasteiger partial charge on any atom is -0.444 e. The molecule has 0 saturated carbocycles. The van der Waals surface area contributed by atoms with E-state index in [0.717, 1.165) is 37.5 Å². The van der Waals surface area contributed by atoms with Gasteiger partial charge in [0.1, 0.15) is 6.26 Å². The molecule has 1 aliphatic rings. The Morgan fingerprint density at radius 2 is 2.14 bits per heavy atom. The SMILES string of the molecule is Cc1ccc(-c2nc(CNC[C@H]3CN(C)CCO3)co2)cc1. The lowest BCUT2D eigenvalue weighted by atomic mass is 10.1. The van der Waals surface area contributed by atoms with Crippen molar-refractivity contribution in [2.24, 2.45) is 0 Å². The number of rotatable bonds is 5. The quantitative estimate of drug-likeness (QED) is 0.916. The zero-order chi connectivity index (χ0) is 15.4. The summed E-state index contributed by atoms with van der Waals surface area (Å²) in [6.07, 6.45) is 1.97. The van der Waals surface area contributed by atoms with Crippen LogP contribution in [0.25, 0.3) is 11.5 Å². The molecule has 1 aliphatic heterocycles. The van der Waals surface area contributed by atoms with E-state index < -0.39 is 0 Å². The van der Waals surface area contributed by atoms with E-state index in [1.165, 1.54) is 5.56 Å². The topological polar surface area (TPSA) is 50.5 Å². The van der Waals surface area contributed by atoms with Gasteiger partial charge >= 0.3 is 0 Å². The largest absolute Gasteiger partial charge is 0.444 e. The molecule has 3 rings (SSSR count). The molecule has 2 aromatic rings. The first kappa shape index (κ1) is 15.2. The van der Waals surface area contributed by atoms with Crippen LogP contribution in [0.5, 0.6) is 0 Å². The molecule has 1 N–H and O–H groups in total. The van der Waals surface area contributed by atoms with E-state index in [1.807, 2.05) is 12.1 Å². The summed E-state index contributed by atoms with van der Waals surface area (Å²) in [4.78, 5) is 6.82. The Morgan fingerprint density at radius 3 is 2.91 bits per heavy atom. The molecule has 118 valence electrons. The maximum atomic E-state index is 5.72. The van der Waals surface area contributed by atoms with E-state index in [-0.39, 0.29) is 6.10 Å². The highest BCUT2D eigenvalue weighted by molar-refractivity contribution is 5.53. The number of hydrogen-bond acceptors (Lipinski definition) is 5. The lowest BCUT2D eigenvalue weighted by molar-refractivity contribution is -0.0182. The highest BCUT2D eigenvalue weighted by atomic mass is 16.5. The number of aryl methyl sites for hydroxylation is 1. The van der Waals surface area contributed by atoms with E-state index in [1.54, 1.807) is 6.26 Å². The monoisotopic (exact) mass is 301 g/mol. The number of benzene rings is 1. The Bertz CT molecular complexity index is 594. The molecule has 0 radical (unpaired) electrons. The van der Waals surface area contributed by atoms with Crippen molar-refractivity contribution in [1.82, 2.24) is 15.2 Å². The average molecular weight is 301 g/mol. The van der Waals surface area contributed by atoms with E-state index in [4.69, 9.17) is 9.15 Å². The van der Waals surface area contributed by atoms with Gasteiger partial charge in [-0.25, -0.2) is 4.98 Å². The summed E-state index contributed by atoms with van der Waals surface area (Å²) in [5, 5.41) is 3.39. The van der Waals surface area contributed by atoms with Crippen LogP contribution in [0.1, 0.15) is 11.3 Å². The van der Waals surface area contributed by atoms with E-state index in [0.29, 0.717) is 12.4 Å². The zero-order valence-electron chi connectivity index (χ0n) is 13.2. The number of oxazole rings is 1. The van der Waals surface area contributed by atoms with E-state index in [9.17, 15) is 0 Å². The lowest BCUT2D eigenvalue weighted by Crippen LogP contribution is -2.44. The average Bonchev–Trinajstić information content (AvgIpc) is 2.97. The fourth-order valence-electron chi connectivity index (χ4n) is 2.57. The van der Waals surface area contributed by atoms with Gasteiger partial charge in [0.05, 0.1) is 18.4 Å². The van der Waals surface area contributed by atoms with E-state index >= 15 is 0 Å². The van der Waals surface area contributed by atoms with Gasteiger partial charge in [-0.3, -0.25) is 0 Å². The number of nitrogens with one attached hydrogen (secondary N) is 1. The number of hydrogen-bond donors (Lipinski definition) is 1. The van der Waals surface area contributed by atoms with Crippen LogP contribution in [0.3, 0.4) is 0 Å². The highest BCUT2D eigenvalue weighted by Gasteiger charge is 2.17. The van der Waals surface area contributed by atoms with Gasteiger partial charge in [-0.05, 0) is 26.1 Å². The molecule has 0 spiro atoms. The molecule has 1 aromatic carbocycles. The third kappa shape index (κ3) is 3.94. The summed E-state index contributed by atoms with van der Waals surface area (Å²) in [7, 11) is 2.13. The van der Waals surface area contributed by atoms with Crippen molar-refractivity contribution in [3.63, 3.8) is 0 Å². The molecule has 2 heterocycles. The van der Waals surface area contributed by atoms with Crippen LogP contribution in [-0.4, -0.2) is 49.3 Å². The van der Waals surface area contributed by atoms with Crippen LogP contribution in [-0.2, 0) is 11.3 Å². The van der Waals surface area contributed by atoms with Crippen molar-refractivity contribution in [1.29, 1.82) is 0 Å².